The molecule has 5 nitrogen and oxygen atoms in total. The summed E-state index contributed by atoms with van der Waals surface area (Å²) in [5, 5.41) is 12.8. The van der Waals surface area contributed by atoms with E-state index in [1.807, 2.05) is 12.3 Å². The van der Waals surface area contributed by atoms with Crippen LogP contribution in [0, 0.1) is 18.8 Å². The molecule has 2 aromatic rings. The predicted octanol–water partition coefficient (Wildman–Crippen LogP) is 1.86. The number of hydrogen-bond acceptors (Lipinski definition) is 2. The van der Waals surface area contributed by atoms with Gasteiger partial charge >= 0.3 is 5.97 Å². The van der Waals surface area contributed by atoms with Gasteiger partial charge in [0, 0.05) is 23.6 Å². The Kier molecular flexibility index (Phi) is 3.41. The third-order valence-electron chi connectivity index (χ3n) is 4.15. The summed E-state index contributed by atoms with van der Waals surface area (Å²) < 4.78 is 0. The molecule has 0 radical (unpaired) electrons. The SMILES string of the molecule is Cc1cccc2c(CCNC(=O)[C@@H]3C[C@@H]3C(=O)O)c[nH]c12. The van der Waals surface area contributed by atoms with Crippen molar-refractivity contribution >= 4 is 22.8 Å². The van der Waals surface area contributed by atoms with Crippen LogP contribution in [-0.2, 0) is 16.0 Å². The molecule has 1 aliphatic carbocycles. The number of nitrogens with one attached hydrogen (secondary N) is 2. The highest BCUT2D eigenvalue weighted by molar-refractivity contribution is 5.89. The van der Waals surface area contributed by atoms with E-state index in [0.29, 0.717) is 13.0 Å². The molecule has 1 aromatic heterocycles. The lowest BCUT2D eigenvalue weighted by Gasteiger charge is -2.04. The molecule has 110 valence electrons. The quantitative estimate of drug-likeness (QED) is 0.784. The second kappa shape index (κ2) is 5.24. The van der Waals surface area contributed by atoms with Crippen molar-refractivity contribution in [3.63, 3.8) is 0 Å². The number of fused-ring (bicyclic) bond motifs is 1. The standard InChI is InChI=1S/C16H18N2O3/c1-9-3-2-4-11-10(8-18-14(9)11)5-6-17-15(19)12-7-13(12)16(20)21/h2-4,8,12-13,18H,5-7H2,1H3,(H,17,19)(H,20,21)/t12-,13+/m1/s1. The van der Waals surface area contributed by atoms with Gasteiger partial charge in [0.25, 0.3) is 0 Å². The fourth-order valence-corrected chi connectivity index (χ4v) is 2.78. The Bertz CT molecular complexity index is 705. The molecule has 0 saturated heterocycles. The minimum Gasteiger partial charge on any atom is -0.481 e. The normalized spacial score (nSPS) is 20.4. The van der Waals surface area contributed by atoms with Crippen LogP contribution < -0.4 is 5.32 Å². The highest BCUT2D eigenvalue weighted by atomic mass is 16.4. The molecule has 0 spiro atoms. The van der Waals surface area contributed by atoms with Crippen molar-refractivity contribution in [3.8, 4) is 0 Å². The largest absolute Gasteiger partial charge is 0.481 e. The fourth-order valence-electron chi connectivity index (χ4n) is 2.78. The van der Waals surface area contributed by atoms with Crippen molar-refractivity contribution in [1.29, 1.82) is 0 Å². The molecule has 1 fully saturated rings. The highest BCUT2D eigenvalue weighted by Gasteiger charge is 2.48. The van der Waals surface area contributed by atoms with Gasteiger partial charge in [0.1, 0.15) is 0 Å². The van der Waals surface area contributed by atoms with Gasteiger partial charge in [-0.2, -0.15) is 0 Å². The molecule has 0 aliphatic heterocycles. The second-order valence-corrected chi connectivity index (χ2v) is 5.64. The Morgan fingerprint density at radius 2 is 2.19 bits per heavy atom. The molecule has 2 atom stereocenters. The third kappa shape index (κ3) is 2.63. The summed E-state index contributed by atoms with van der Waals surface area (Å²) in [5.41, 5.74) is 3.50. The minimum absolute atomic E-state index is 0.140. The Balaban J connectivity index is 1.57. The van der Waals surface area contributed by atoms with E-state index < -0.39 is 11.9 Å². The first kappa shape index (κ1) is 13.7. The van der Waals surface area contributed by atoms with Gasteiger partial charge in [0.05, 0.1) is 11.8 Å². The van der Waals surface area contributed by atoms with E-state index >= 15 is 0 Å². The summed E-state index contributed by atoms with van der Waals surface area (Å²) in [6.07, 6.45) is 3.17. The van der Waals surface area contributed by atoms with Crippen molar-refractivity contribution < 1.29 is 14.7 Å². The van der Waals surface area contributed by atoms with Gasteiger partial charge in [-0.05, 0) is 30.9 Å². The van der Waals surface area contributed by atoms with Crippen LogP contribution in [0.25, 0.3) is 10.9 Å². The number of amides is 1. The van der Waals surface area contributed by atoms with Gasteiger partial charge in [-0.1, -0.05) is 18.2 Å². The molecule has 3 rings (SSSR count). The lowest BCUT2D eigenvalue weighted by atomic mass is 10.1. The number of aliphatic carboxylic acids is 1. The van der Waals surface area contributed by atoms with Gasteiger partial charge < -0.3 is 15.4 Å². The van der Waals surface area contributed by atoms with Gasteiger partial charge in [-0.25, -0.2) is 0 Å². The molecule has 0 unspecified atom stereocenters. The summed E-state index contributed by atoms with van der Waals surface area (Å²) in [6, 6.07) is 6.15. The number of carboxylic acid groups (broad SMARTS) is 1. The van der Waals surface area contributed by atoms with Gasteiger partial charge in [0.15, 0.2) is 0 Å². The maximum absolute atomic E-state index is 11.8. The van der Waals surface area contributed by atoms with Gasteiger partial charge in [-0.15, -0.1) is 0 Å². The molecule has 1 amide bonds. The molecule has 1 saturated carbocycles. The van der Waals surface area contributed by atoms with Gasteiger partial charge in [-0.3, -0.25) is 9.59 Å². The first-order valence-electron chi connectivity index (χ1n) is 7.14. The van der Waals surface area contributed by atoms with E-state index in [2.05, 4.69) is 29.4 Å². The number of carboxylic acids is 1. The average Bonchev–Trinajstić information content (AvgIpc) is 3.16. The molecule has 1 aromatic carbocycles. The number of benzene rings is 1. The minimum atomic E-state index is -0.873. The van der Waals surface area contributed by atoms with Crippen molar-refractivity contribution in [2.24, 2.45) is 11.8 Å². The molecule has 1 aliphatic rings. The number of para-hydroxylation sites is 1. The smallest absolute Gasteiger partial charge is 0.307 e. The Labute approximate surface area is 122 Å². The molecule has 1 heterocycles. The van der Waals surface area contributed by atoms with E-state index in [0.717, 1.165) is 11.9 Å². The molecular formula is C16H18N2O3. The lowest BCUT2D eigenvalue weighted by molar-refractivity contribution is -0.140. The maximum Gasteiger partial charge on any atom is 0.307 e. The Morgan fingerprint density at radius 1 is 1.38 bits per heavy atom. The number of aromatic amines is 1. The second-order valence-electron chi connectivity index (χ2n) is 5.64. The molecular weight excluding hydrogens is 268 g/mol. The number of rotatable bonds is 5. The molecule has 3 N–H and O–H groups in total. The zero-order chi connectivity index (χ0) is 15.0. The van der Waals surface area contributed by atoms with Crippen LogP contribution in [0.15, 0.2) is 24.4 Å². The zero-order valence-corrected chi connectivity index (χ0v) is 11.8. The molecule has 5 heteroatoms. The highest BCUT2D eigenvalue weighted by Crippen LogP contribution is 2.38. The van der Waals surface area contributed by atoms with Crippen molar-refractivity contribution in [2.45, 2.75) is 19.8 Å². The topological polar surface area (TPSA) is 82.2 Å². The summed E-state index contributed by atoms with van der Waals surface area (Å²) in [7, 11) is 0. The van der Waals surface area contributed by atoms with E-state index in [-0.39, 0.29) is 11.8 Å². The van der Waals surface area contributed by atoms with Crippen LogP contribution in [0.3, 0.4) is 0 Å². The number of carbonyl (C=O) groups excluding carboxylic acids is 1. The number of aromatic nitrogens is 1. The van der Waals surface area contributed by atoms with Crippen LogP contribution in [0.4, 0.5) is 0 Å². The van der Waals surface area contributed by atoms with E-state index in [4.69, 9.17) is 5.11 Å². The Morgan fingerprint density at radius 3 is 2.90 bits per heavy atom. The van der Waals surface area contributed by atoms with Crippen molar-refractivity contribution in [1.82, 2.24) is 10.3 Å². The van der Waals surface area contributed by atoms with E-state index in [1.54, 1.807) is 0 Å². The third-order valence-corrected chi connectivity index (χ3v) is 4.15. The van der Waals surface area contributed by atoms with Crippen LogP contribution in [-0.4, -0.2) is 28.5 Å². The first-order chi connectivity index (χ1) is 10.1. The van der Waals surface area contributed by atoms with E-state index in [9.17, 15) is 9.59 Å². The summed E-state index contributed by atoms with van der Waals surface area (Å²) in [4.78, 5) is 25.8. The lowest BCUT2D eigenvalue weighted by Crippen LogP contribution is -2.28. The van der Waals surface area contributed by atoms with Crippen molar-refractivity contribution in [2.75, 3.05) is 6.54 Å². The molecule has 21 heavy (non-hydrogen) atoms. The van der Waals surface area contributed by atoms with Crippen LogP contribution in [0.5, 0.6) is 0 Å². The van der Waals surface area contributed by atoms with E-state index in [1.165, 1.54) is 16.5 Å². The van der Waals surface area contributed by atoms with Gasteiger partial charge in [0.2, 0.25) is 5.91 Å². The first-order valence-corrected chi connectivity index (χ1v) is 7.14. The average molecular weight is 286 g/mol. The monoisotopic (exact) mass is 286 g/mol. The molecule has 0 bridgehead atoms. The predicted molar refractivity (Wildman–Crippen MR) is 79.0 cm³/mol. The maximum atomic E-state index is 11.8. The van der Waals surface area contributed by atoms with Crippen LogP contribution in [0.1, 0.15) is 17.5 Å². The number of aryl methyl sites for hydroxylation is 1. The number of H-pyrrole nitrogens is 1. The summed E-state index contributed by atoms with van der Waals surface area (Å²) in [5.74, 6) is -1.84. The summed E-state index contributed by atoms with van der Waals surface area (Å²) in [6.45, 7) is 2.59. The number of hydrogen-bond donors (Lipinski definition) is 3. The summed E-state index contributed by atoms with van der Waals surface area (Å²) >= 11 is 0. The zero-order valence-electron chi connectivity index (χ0n) is 11.8. The van der Waals surface area contributed by atoms with Crippen LogP contribution in [0.2, 0.25) is 0 Å². The number of carbonyl (C=O) groups is 2. The fraction of sp³-hybridized carbons (Fsp3) is 0.375. The van der Waals surface area contributed by atoms with Crippen molar-refractivity contribution in [3.05, 3.63) is 35.5 Å². The van der Waals surface area contributed by atoms with Crippen LogP contribution >= 0.6 is 0 Å². The Hall–Kier alpha value is -2.30.